The molecule has 2 fully saturated rings. The average molecular weight is 352 g/mol. The fourth-order valence-corrected chi connectivity index (χ4v) is 4.28. The van der Waals surface area contributed by atoms with Gasteiger partial charge >= 0.3 is 0 Å². The van der Waals surface area contributed by atoms with Crippen molar-refractivity contribution in [2.75, 3.05) is 31.5 Å². The Morgan fingerprint density at radius 1 is 1.29 bits per heavy atom. The molecule has 1 atom stereocenters. The lowest BCUT2D eigenvalue weighted by Gasteiger charge is -2.26. The maximum absolute atomic E-state index is 12.6. The van der Waals surface area contributed by atoms with Crippen molar-refractivity contribution < 1.29 is 18.0 Å². The minimum atomic E-state index is -3.77. The first-order valence-corrected chi connectivity index (χ1v) is 9.32. The van der Waals surface area contributed by atoms with Crippen LogP contribution in [0.3, 0.4) is 0 Å². The summed E-state index contributed by atoms with van der Waals surface area (Å²) in [6, 6.07) is 5.87. The lowest BCUT2D eigenvalue weighted by atomic mass is 10.2. The topological polar surface area (TPSA) is 108 Å². The van der Waals surface area contributed by atoms with Crippen LogP contribution in [0.25, 0.3) is 0 Å². The largest absolute Gasteiger partial charge is 0.354 e. The van der Waals surface area contributed by atoms with Crippen molar-refractivity contribution >= 4 is 27.5 Å². The number of nitrogens with one attached hydrogen (secondary N) is 3. The Balaban J connectivity index is 1.76. The first-order chi connectivity index (χ1) is 11.5. The predicted molar refractivity (Wildman–Crippen MR) is 87.9 cm³/mol. The number of hydrogen-bond acceptors (Lipinski definition) is 5. The summed E-state index contributed by atoms with van der Waals surface area (Å²) in [7, 11) is -3.77. The van der Waals surface area contributed by atoms with Gasteiger partial charge in [0.05, 0.1) is 17.5 Å². The molecular formula is C15H20N4O4S. The van der Waals surface area contributed by atoms with E-state index in [1.54, 1.807) is 12.1 Å². The van der Waals surface area contributed by atoms with E-state index >= 15 is 0 Å². The van der Waals surface area contributed by atoms with Crippen LogP contribution in [0.2, 0.25) is 0 Å². The van der Waals surface area contributed by atoms with Crippen molar-refractivity contribution in [1.29, 1.82) is 0 Å². The lowest BCUT2D eigenvalue weighted by molar-refractivity contribution is -0.122. The fraction of sp³-hybridized carbons (Fsp3) is 0.467. The van der Waals surface area contributed by atoms with Crippen LogP contribution in [0.4, 0.5) is 5.69 Å². The number of carbonyl (C=O) groups is 2. The second-order valence-electron chi connectivity index (χ2n) is 5.85. The highest BCUT2D eigenvalue weighted by Crippen LogP contribution is 2.20. The van der Waals surface area contributed by atoms with Crippen LogP contribution in [0.1, 0.15) is 12.8 Å². The summed E-state index contributed by atoms with van der Waals surface area (Å²) >= 11 is 0. The van der Waals surface area contributed by atoms with E-state index < -0.39 is 10.0 Å². The van der Waals surface area contributed by atoms with Gasteiger partial charge in [-0.15, -0.1) is 0 Å². The van der Waals surface area contributed by atoms with Crippen LogP contribution in [0, 0.1) is 0 Å². The number of nitrogens with zero attached hydrogens (tertiary/aromatic N) is 1. The van der Waals surface area contributed by atoms with Gasteiger partial charge in [-0.2, -0.15) is 4.31 Å². The van der Waals surface area contributed by atoms with Crippen molar-refractivity contribution in [1.82, 2.24) is 14.9 Å². The normalized spacial score (nSPS) is 22.2. The van der Waals surface area contributed by atoms with Crippen LogP contribution in [-0.2, 0) is 19.6 Å². The maximum Gasteiger partial charge on any atom is 0.243 e. The van der Waals surface area contributed by atoms with E-state index in [1.165, 1.54) is 12.1 Å². The summed E-state index contributed by atoms with van der Waals surface area (Å²) in [4.78, 5) is 23.6. The van der Waals surface area contributed by atoms with Crippen molar-refractivity contribution in [3.63, 3.8) is 0 Å². The Hall–Kier alpha value is -1.97. The van der Waals surface area contributed by atoms with Gasteiger partial charge in [-0.1, -0.05) is 6.07 Å². The van der Waals surface area contributed by atoms with E-state index in [4.69, 9.17) is 0 Å². The van der Waals surface area contributed by atoms with Crippen LogP contribution < -0.4 is 16.0 Å². The summed E-state index contributed by atoms with van der Waals surface area (Å²) in [5, 5.41) is 8.43. The molecule has 2 aliphatic rings. The minimum absolute atomic E-state index is 0.0642. The zero-order valence-electron chi connectivity index (χ0n) is 13.1. The number of benzene rings is 1. The molecule has 0 bridgehead atoms. The van der Waals surface area contributed by atoms with Gasteiger partial charge in [0.2, 0.25) is 21.8 Å². The van der Waals surface area contributed by atoms with E-state index in [9.17, 15) is 18.0 Å². The predicted octanol–water partition coefficient (Wildman–Crippen LogP) is -0.502. The van der Waals surface area contributed by atoms with Crippen LogP contribution >= 0.6 is 0 Å². The van der Waals surface area contributed by atoms with Gasteiger partial charge in [-0.05, 0) is 37.6 Å². The van der Waals surface area contributed by atoms with E-state index in [0.29, 0.717) is 12.2 Å². The molecule has 3 rings (SSSR count). The second kappa shape index (κ2) is 6.88. The summed E-state index contributed by atoms with van der Waals surface area (Å²) in [5.41, 5.74) is 0.427. The SMILES string of the molecule is O=C1CN(S(=O)(=O)c2cccc(NC(=O)C3CCCN3)c2)CCN1. The number of anilines is 1. The quantitative estimate of drug-likeness (QED) is 0.677. The third-order valence-corrected chi connectivity index (χ3v) is 5.96. The van der Waals surface area contributed by atoms with Gasteiger partial charge in [0.25, 0.3) is 0 Å². The molecule has 130 valence electrons. The molecular weight excluding hydrogens is 332 g/mol. The highest BCUT2D eigenvalue weighted by molar-refractivity contribution is 7.89. The van der Waals surface area contributed by atoms with Crippen molar-refractivity contribution in [2.45, 2.75) is 23.8 Å². The Bertz CT molecular complexity index is 744. The van der Waals surface area contributed by atoms with Crippen LogP contribution in [0.5, 0.6) is 0 Å². The maximum atomic E-state index is 12.6. The number of rotatable bonds is 4. The second-order valence-corrected chi connectivity index (χ2v) is 7.79. The zero-order valence-corrected chi connectivity index (χ0v) is 13.9. The van der Waals surface area contributed by atoms with E-state index in [1.807, 2.05) is 0 Å². The highest BCUT2D eigenvalue weighted by atomic mass is 32.2. The van der Waals surface area contributed by atoms with Gasteiger partial charge in [0.1, 0.15) is 0 Å². The van der Waals surface area contributed by atoms with Crippen molar-refractivity contribution in [3.8, 4) is 0 Å². The third-order valence-electron chi connectivity index (χ3n) is 4.12. The van der Waals surface area contributed by atoms with E-state index in [0.717, 1.165) is 23.7 Å². The molecule has 0 aliphatic carbocycles. The van der Waals surface area contributed by atoms with Crippen LogP contribution in [-0.4, -0.2) is 56.8 Å². The molecule has 2 heterocycles. The summed E-state index contributed by atoms with van der Waals surface area (Å²) < 4.78 is 26.4. The molecule has 2 aliphatic heterocycles. The first kappa shape index (κ1) is 16.9. The molecule has 2 amide bonds. The molecule has 0 radical (unpaired) electrons. The molecule has 8 nitrogen and oxygen atoms in total. The Kier molecular flexibility index (Phi) is 4.83. The number of amides is 2. The first-order valence-electron chi connectivity index (χ1n) is 7.88. The molecule has 2 saturated heterocycles. The van der Waals surface area contributed by atoms with Gasteiger partial charge in [0, 0.05) is 18.8 Å². The molecule has 0 spiro atoms. The molecule has 24 heavy (non-hydrogen) atoms. The minimum Gasteiger partial charge on any atom is -0.354 e. The standard InChI is InChI=1S/C15H20N4O4S/c20-14-10-19(8-7-17-14)24(22,23)12-4-1-3-11(9-12)18-15(21)13-5-2-6-16-13/h1,3-4,9,13,16H,2,5-8,10H2,(H,17,20)(H,18,21). The van der Waals surface area contributed by atoms with Gasteiger partial charge in [0.15, 0.2) is 0 Å². The van der Waals surface area contributed by atoms with E-state index in [2.05, 4.69) is 16.0 Å². The summed E-state index contributed by atoms with van der Waals surface area (Å²) in [6.45, 7) is 1.15. The van der Waals surface area contributed by atoms with Crippen LogP contribution in [0.15, 0.2) is 29.2 Å². The highest BCUT2D eigenvalue weighted by Gasteiger charge is 2.29. The molecule has 0 saturated carbocycles. The Morgan fingerprint density at radius 3 is 2.83 bits per heavy atom. The average Bonchev–Trinajstić information content (AvgIpc) is 3.10. The monoisotopic (exact) mass is 352 g/mol. The molecule has 1 aromatic rings. The molecule has 0 aromatic heterocycles. The molecule has 3 N–H and O–H groups in total. The van der Waals surface area contributed by atoms with Gasteiger partial charge in [-0.3, -0.25) is 9.59 Å². The Morgan fingerprint density at radius 2 is 2.12 bits per heavy atom. The number of hydrogen-bond donors (Lipinski definition) is 3. The van der Waals surface area contributed by atoms with Crippen molar-refractivity contribution in [3.05, 3.63) is 24.3 Å². The van der Waals surface area contributed by atoms with E-state index in [-0.39, 0.29) is 35.8 Å². The molecule has 9 heteroatoms. The third kappa shape index (κ3) is 3.58. The van der Waals surface area contributed by atoms with Gasteiger partial charge in [-0.25, -0.2) is 8.42 Å². The summed E-state index contributed by atoms with van der Waals surface area (Å²) in [6.07, 6.45) is 1.72. The number of carbonyl (C=O) groups excluding carboxylic acids is 2. The lowest BCUT2D eigenvalue weighted by Crippen LogP contribution is -2.49. The number of sulfonamides is 1. The molecule has 1 unspecified atom stereocenters. The molecule has 1 aromatic carbocycles. The van der Waals surface area contributed by atoms with Gasteiger partial charge < -0.3 is 16.0 Å². The van der Waals surface area contributed by atoms with Crippen molar-refractivity contribution in [2.24, 2.45) is 0 Å². The Labute approximate surface area is 140 Å². The fourth-order valence-electron chi connectivity index (χ4n) is 2.84. The zero-order chi connectivity index (χ0) is 17.2. The smallest absolute Gasteiger partial charge is 0.243 e. The summed E-state index contributed by atoms with van der Waals surface area (Å²) in [5.74, 6) is -0.485. The number of piperazine rings is 1.